The number of methoxy groups -OCH3 is 2. The van der Waals surface area contributed by atoms with E-state index in [1.165, 1.54) is 12.1 Å². The molecule has 3 aromatic rings. The molecule has 0 saturated carbocycles. The van der Waals surface area contributed by atoms with E-state index in [1.807, 2.05) is 30.3 Å². The topological polar surface area (TPSA) is 96.2 Å². The van der Waals surface area contributed by atoms with Crippen LogP contribution in [0.3, 0.4) is 0 Å². The molecular formula is C39H43FN4O4. The third kappa shape index (κ3) is 7.24. The molecule has 4 atom stereocenters. The Morgan fingerprint density at radius 2 is 1.71 bits per heavy atom. The van der Waals surface area contributed by atoms with Gasteiger partial charge in [0.15, 0.2) is 11.5 Å². The van der Waals surface area contributed by atoms with E-state index in [4.69, 9.17) is 19.3 Å². The zero-order valence-corrected chi connectivity index (χ0v) is 27.7. The Bertz CT molecular complexity index is 1700. The lowest BCUT2D eigenvalue weighted by molar-refractivity contribution is -0.137. The van der Waals surface area contributed by atoms with Crippen molar-refractivity contribution in [1.82, 2.24) is 10.3 Å². The van der Waals surface area contributed by atoms with Crippen molar-refractivity contribution in [2.75, 3.05) is 33.9 Å². The molecule has 4 unspecified atom stereocenters. The van der Waals surface area contributed by atoms with Crippen LogP contribution in [0.1, 0.15) is 79.2 Å². The average Bonchev–Trinajstić information content (AvgIpc) is 3.49. The number of unbranched alkanes of at least 4 members (excludes halogenated alkanes) is 2. The lowest BCUT2D eigenvalue weighted by Gasteiger charge is -2.37. The van der Waals surface area contributed by atoms with Crippen LogP contribution >= 0.6 is 0 Å². The minimum Gasteiger partial charge on any atom is -0.493 e. The number of amides is 1. The van der Waals surface area contributed by atoms with Crippen molar-refractivity contribution in [2.24, 2.45) is 16.9 Å². The third-order valence-corrected chi connectivity index (χ3v) is 9.72. The highest BCUT2D eigenvalue weighted by Gasteiger charge is 2.40. The monoisotopic (exact) mass is 650 g/mol. The van der Waals surface area contributed by atoms with Crippen LogP contribution in [0.4, 0.5) is 4.39 Å². The van der Waals surface area contributed by atoms with E-state index in [0.29, 0.717) is 23.6 Å². The van der Waals surface area contributed by atoms with Crippen LogP contribution in [0.25, 0.3) is 0 Å². The molecule has 0 bridgehead atoms. The van der Waals surface area contributed by atoms with Crippen molar-refractivity contribution in [3.8, 4) is 23.3 Å². The van der Waals surface area contributed by atoms with Crippen molar-refractivity contribution in [1.29, 1.82) is 5.26 Å². The first kappa shape index (κ1) is 33.2. The summed E-state index contributed by atoms with van der Waals surface area (Å²) in [5, 5.41) is 19.5. The summed E-state index contributed by atoms with van der Waals surface area (Å²) in [6.07, 6.45) is 10.3. The SMILES string of the molecule is COc1ccc(C2=NN(CCCCCNCCCC3c4ccc(C#N)cc4OC3c3ccc(F)cc3)C(=O)C3CC=CCC23)cc1OC. The van der Waals surface area contributed by atoms with E-state index in [0.717, 1.165) is 86.2 Å². The lowest BCUT2D eigenvalue weighted by Crippen LogP contribution is -2.45. The molecule has 3 aromatic carbocycles. The van der Waals surface area contributed by atoms with E-state index in [9.17, 15) is 14.4 Å². The number of hydrazone groups is 1. The molecule has 2 heterocycles. The van der Waals surface area contributed by atoms with E-state index in [2.05, 4.69) is 23.5 Å². The fourth-order valence-electron chi connectivity index (χ4n) is 7.18. The summed E-state index contributed by atoms with van der Waals surface area (Å²) < 4.78 is 30.9. The first-order valence-corrected chi connectivity index (χ1v) is 16.9. The Balaban J connectivity index is 0.982. The Morgan fingerprint density at radius 3 is 2.48 bits per heavy atom. The predicted octanol–water partition coefficient (Wildman–Crippen LogP) is 7.30. The number of rotatable bonds is 14. The van der Waals surface area contributed by atoms with Crippen molar-refractivity contribution in [3.05, 3.63) is 101 Å². The van der Waals surface area contributed by atoms with Crippen molar-refractivity contribution in [3.63, 3.8) is 0 Å². The average molecular weight is 651 g/mol. The Morgan fingerprint density at radius 1 is 0.938 bits per heavy atom. The molecule has 1 amide bonds. The second-order valence-corrected chi connectivity index (χ2v) is 12.7. The first-order chi connectivity index (χ1) is 23.5. The second kappa shape index (κ2) is 15.5. The zero-order valence-electron chi connectivity index (χ0n) is 27.7. The van der Waals surface area contributed by atoms with Gasteiger partial charge in [-0.15, -0.1) is 0 Å². The number of benzene rings is 3. The van der Waals surface area contributed by atoms with E-state index in [-0.39, 0.29) is 35.6 Å². The summed E-state index contributed by atoms with van der Waals surface area (Å²) in [6.45, 7) is 2.37. The molecular weight excluding hydrogens is 607 g/mol. The van der Waals surface area contributed by atoms with Crippen LogP contribution in [-0.4, -0.2) is 50.5 Å². The first-order valence-electron chi connectivity index (χ1n) is 16.9. The van der Waals surface area contributed by atoms with Gasteiger partial charge in [0, 0.05) is 29.5 Å². The second-order valence-electron chi connectivity index (χ2n) is 12.7. The van der Waals surface area contributed by atoms with Crippen LogP contribution in [0, 0.1) is 29.0 Å². The number of hydrogen-bond donors (Lipinski definition) is 1. The van der Waals surface area contributed by atoms with Crippen molar-refractivity contribution >= 4 is 11.6 Å². The number of carbonyl (C=O) groups excluding carboxylic acids is 1. The maximum Gasteiger partial charge on any atom is 0.246 e. The molecule has 6 rings (SSSR count). The number of ether oxygens (including phenoxy) is 3. The highest BCUT2D eigenvalue weighted by molar-refractivity contribution is 6.07. The maximum absolute atomic E-state index is 13.6. The highest BCUT2D eigenvalue weighted by Crippen LogP contribution is 2.48. The summed E-state index contributed by atoms with van der Waals surface area (Å²) in [4.78, 5) is 13.4. The van der Waals surface area contributed by atoms with E-state index >= 15 is 0 Å². The molecule has 0 saturated heterocycles. The lowest BCUT2D eigenvalue weighted by atomic mass is 9.76. The number of nitrogens with zero attached hydrogens (tertiary/aromatic N) is 3. The molecule has 1 N–H and O–H groups in total. The summed E-state index contributed by atoms with van der Waals surface area (Å²) >= 11 is 0. The summed E-state index contributed by atoms with van der Waals surface area (Å²) in [6, 6.07) is 20.2. The number of allylic oxidation sites excluding steroid dienone is 2. The number of hydrogen-bond acceptors (Lipinski definition) is 7. The highest BCUT2D eigenvalue weighted by atomic mass is 19.1. The smallest absolute Gasteiger partial charge is 0.246 e. The molecule has 0 aromatic heterocycles. The van der Waals surface area contributed by atoms with Crippen LogP contribution in [0.2, 0.25) is 0 Å². The van der Waals surface area contributed by atoms with Gasteiger partial charge in [-0.05, 0) is 99.6 Å². The van der Waals surface area contributed by atoms with Gasteiger partial charge in [-0.25, -0.2) is 9.40 Å². The largest absolute Gasteiger partial charge is 0.493 e. The summed E-state index contributed by atoms with van der Waals surface area (Å²) in [5.41, 5.74) is 4.51. The molecule has 8 nitrogen and oxygen atoms in total. The number of fused-ring (bicyclic) bond motifs is 2. The fourth-order valence-corrected chi connectivity index (χ4v) is 7.18. The molecule has 0 radical (unpaired) electrons. The van der Waals surface area contributed by atoms with Gasteiger partial charge in [0.2, 0.25) is 5.91 Å². The van der Waals surface area contributed by atoms with Gasteiger partial charge in [0.1, 0.15) is 17.7 Å². The fraction of sp³-hybridized carbons (Fsp3) is 0.410. The quantitative estimate of drug-likeness (QED) is 0.145. The van der Waals surface area contributed by atoms with Crippen LogP contribution in [0.15, 0.2) is 77.9 Å². The van der Waals surface area contributed by atoms with E-state index < -0.39 is 0 Å². The molecule has 0 spiro atoms. The van der Waals surface area contributed by atoms with Crippen molar-refractivity contribution < 1.29 is 23.4 Å². The normalized spacial score (nSPS) is 21.2. The van der Waals surface area contributed by atoms with Gasteiger partial charge in [-0.3, -0.25) is 4.79 Å². The number of carbonyl (C=O) groups is 1. The molecule has 9 heteroatoms. The molecule has 250 valence electrons. The molecule has 3 aliphatic rings. The van der Waals surface area contributed by atoms with Crippen LogP contribution in [0.5, 0.6) is 17.2 Å². The maximum atomic E-state index is 13.6. The zero-order chi connectivity index (χ0) is 33.5. The van der Waals surface area contributed by atoms with Gasteiger partial charge in [-0.2, -0.15) is 10.4 Å². The number of nitriles is 1. The minimum absolute atomic E-state index is 0.0614. The standard InChI is InChI=1S/C39H43FN4O4/c1-46-34-19-15-28(24-36(34)47-2)37-31-9-4-5-10-33(31)39(45)44(43-37)22-7-3-6-20-42-21-8-11-32-30-18-12-26(25-41)23-35(30)48-38(32)27-13-16-29(40)17-14-27/h4-5,12-19,23-24,31-33,38,42H,3,6-11,20-22H2,1-2H3. The Labute approximate surface area is 282 Å². The number of nitrogens with one attached hydrogen (secondary N) is 1. The van der Waals surface area contributed by atoms with Crippen LogP contribution < -0.4 is 19.5 Å². The third-order valence-electron chi connectivity index (χ3n) is 9.72. The van der Waals surface area contributed by atoms with E-state index in [1.54, 1.807) is 37.4 Å². The Hall–Kier alpha value is -4.68. The van der Waals surface area contributed by atoms with Gasteiger partial charge in [-0.1, -0.05) is 36.8 Å². The molecule has 1 aliphatic carbocycles. The molecule has 0 fully saturated rings. The van der Waals surface area contributed by atoms with Crippen molar-refractivity contribution in [2.45, 2.75) is 57.0 Å². The predicted molar refractivity (Wildman–Crippen MR) is 183 cm³/mol. The van der Waals surface area contributed by atoms with Gasteiger partial charge < -0.3 is 19.5 Å². The molecule has 48 heavy (non-hydrogen) atoms. The summed E-state index contributed by atoms with van der Waals surface area (Å²) in [5.74, 6) is 2.01. The Kier molecular flexibility index (Phi) is 10.7. The summed E-state index contributed by atoms with van der Waals surface area (Å²) in [7, 11) is 3.25. The van der Waals surface area contributed by atoms with Gasteiger partial charge in [0.05, 0.1) is 37.5 Å². The van der Waals surface area contributed by atoms with Gasteiger partial charge in [0.25, 0.3) is 0 Å². The van der Waals surface area contributed by atoms with Gasteiger partial charge >= 0.3 is 0 Å². The van der Waals surface area contributed by atoms with Crippen LogP contribution in [-0.2, 0) is 4.79 Å². The number of halogens is 1. The minimum atomic E-state index is -0.272. The molecule has 2 aliphatic heterocycles.